The number of rotatable bonds is 5. The van der Waals surface area contributed by atoms with Crippen molar-refractivity contribution >= 4 is 21.8 Å². The van der Waals surface area contributed by atoms with Crippen LogP contribution in [0.4, 0.5) is 0 Å². The van der Waals surface area contributed by atoms with Gasteiger partial charge >= 0.3 is 0 Å². The fourth-order valence-electron chi connectivity index (χ4n) is 1.85. The predicted molar refractivity (Wildman–Crippen MR) is 73.7 cm³/mol. The lowest BCUT2D eigenvalue weighted by Crippen LogP contribution is -2.38. The highest BCUT2D eigenvalue weighted by molar-refractivity contribution is 9.10. The summed E-state index contributed by atoms with van der Waals surface area (Å²) in [6.07, 6.45) is 2.36. The van der Waals surface area contributed by atoms with E-state index in [2.05, 4.69) is 21.2 Å². The molecule has 0 radical (unpaired) electrons. The van der Waals surface area contributed by atoms with Gasteiger partial charge in [-0.25, -0.2) is 0 Å². The second kappa shape index (κ2) is 5.71. The predicted octanol–water partition coefficient (Wildman–Crippen LogP) is 1.92. The Kier molecular flexibility index (Phi) is 4.24. The van der Waals surface area contributed by atoms with Crippen molar-refractivity contribution in [2.45, 2.75) is 18.9 Å². The third-order valence-corrected chi connectivity index (χ3v) is 3.63. The summed E-state index contributed by atoms with van der Waals surface area (Å²) in [5, 5.41) is 2.85. The molecule has 0 aromatic heterocycles. The van der Waals surface area contributed by atoms with Crippen LogP contribution in [0, 0.1) is 5.92 Å². The van der Waals surface area contributed by atoms with E-state index in [0.29, 0.717) is 23.8 Å². The molecular formula is C13H17BrN2O2. The smallest absolute Gasteiger partial charge is 0.255 e. The monoisotopic (exact) mass is 312 g/mol. The molecule has 1 fully saturated rings. The number of nitrogens with one attached hydrogen (secondary N) is 1. The van der Waals surface area contributed by atoms with Crippen LogP contribution in [0.25, 0.3) is 0 Å². The number of hydrogen-bond acceptors (Lipinski definition) is 3. The van der Waals surface area contributed by atoms with Crippen LogP contribution in [0.15, 0.2) is 22.7 Å². The zero-order valence-electron chi connectivity index (χ0n) is 10.3. The lowest BCUT2D eigenvalue weighted by Gasteiger charge is -2.13. The Bertz CT molecular complexity index is 447. The van der Waals surface area contributed by atoms with Crippen molar-refractivity contribution < 1.29 is 9.53 Å². The van der Waals surface area contributed by atoms with Crippen molar-refractivity contribution in [3.8, 4) is 5.75 Å². The second-order valence-corrected chi connectivity index (χ2v) is 5.47. The molecule has 3 N–H and O–H groups in total. The summed E-state index contributed by atoms with van der Waals surface area (Å²) >= 11 is 3.34. The summed E-state index contributed by atoms with van der Waals surface area (Å²) in [4.78, 5) is 12.0. The van der Waals surface area contributed by atoms with E-state index in [1.165, 1.54) is 12.8 Å². The van der Waals surface area contributed by atoms with Gasteiger partial charge in [0.15, 0.2) is 0 Å². The lowest BCUT2D eigenvalue weighted by atomic mass is 10.1. The van der Waals surface area contributed by atoms with Gasteiger partial charge in [-0.05, 0) is 37.0 Å². The number of methoxy groups -OCH3 is 1. The molecule has 1 aromatic carbocycles. The van der Waals surface area contributed by atoms with Gasteiger partial charge in [0.2, 0.25) is 0 Å². The van der Waals surface area contributed by atoms with E-state index in [1.807, 2.05) is 6.07 Å². The first-order chi connectivity index (χ1) is 8.61. The van der Waals surface area contributed by atoms with Crippen molar-refractivity contribution in [1.29, 1.82) is 0 Å². The van der Waals surface area contributed by atoms with Crippen LogP contribution < -0.4 is 15.8 Å². The molecule has 0 bridgehead atoms. The van der Waals surface area contributed by atoms with E-state index in [1.54, 1.807) is 19.2 Å². The third-order valence-electron chi connectivity index (χ3n) is 3.13. The maximum Gasteiger partial charge on any atom is 0.255 e. The van der Waals surface area contributed by atoms with Crippen LogP contribution >= 0.6 is 15.9 Å². The Hall–Kier alpha value is -1.07. The van der Waals surface area contributed by atoms with Crippen LogP contribution in [0.3, 0.4) is 0 Å². The van der Waals surface area contributed by atoms with Gasteiger partial charge in [-0.1, -0.05) is 15.9 Å². The Balaban J connectivity index is 1.99. The fourth-order valence-corrected chi connectivity index (χ4v) is 2.19. The van der Waals surface area contributed by atoms with Crippen molar-refractivity contribution in [3.63, 3.8) is 0 Å². The van der Waals surface area contributed by atoms with Gasteiger partial charge in [0.05, 0.1) is 12.7 Å². The molecule has 1 aromatic rings. The molecule has 0 saturated heterocycles. The maximum atomic E-state index is 12.0. The Morgan fingerprint density at radius 2 is 2.33 bits per heavy atom. The van der Waals surface area contributed by atoms with Gasteiger partial charge in [0.25, 0.3) is 5.91 Å². The van der Waals surface area contributed by atoms with E-state index in [4.69, 9.17) is 10.5 Å². The minimum atomic E-state index is -0.143. The van der Waals surface area contributed by atoms with Gasteiger partial charge in [-0.15, -0.1) is 0 Å². The van der Waals surface area contributed by atoms with E-state index < -0.39 is 0 Å². The molecule has 0 heterocycles. The number of amides is 1. The molecule has 0 aliphatic heterocycles. The number of halogens is 1. The van der Waals surface area contributed by atoms with E-state index in [0.717, 1.165) is 4.47 Å². The lowest BCUT2D eigenvalue weighted by molar-refractivity contribution is 0.0947. The standard InChI is InChI=1S/C13H17BrN2O2/c1-18-12-6-9(14)4-5-10(12)13(17)16-7-11(15)8-2-3-8/h4-6,8,11H,2-3,7,15H2,1H3,(H,16,17). The molecule has 1 saturated carbocycles. The van der Waals surface area contributed by atoms with Crippen LogP contribution in [0.5, 0.6) is 5.75 Å². The largest absolute Gasteiger partial charge is 0.496 e. The topological polar surface area (TPSA) is 64.3 Å². The zero-order chi connectivity index (χ0) is 13.1. The third kappa shape index (κ3) is 3.23. The summed E-state index contributed by atoms with van der Waals surface area (Å²) in [5.74, 6) is 0.995. The molecule has 18 heavy (non-hydrogen) atoms. The van der Waals surface area contributed by atoms with Gasteiger partial charge in [-0.3, -0.25) is 4.79 Å². The molecule has 2 rings (SSSR count). The number of benzene rings is 1. The average molecular weight is 313 g/mol. The van der Waals surface area contributed by atoms with E-state index in [9.17, 15) is 4.79 Å². The SMILES string of the molecule is COc1cc(Br)ccc1C(=O)NCC(N)C1CC1. The van der Waals surface area contributed by atoms with E-state index in [-0.39, 0.29) is 11.9 Å². The first-order valence-electron chi connectivity index (χ1n) is 5.99. The number of ether oxygens (including phenoxy) is 1. The molecule has 1 atom stereocenters. The highest BCUT2D eigenvalue weighted by atomic mass is 79.9. The van der Waals surface area contributed by atoms with Gasteiger partial charge in [-0.2, -0.15) is 0 Å². The molecule has 5 heteroatoms. The molecule has 1 amide bonds. The fraction of sp³-hybridized carbons (Fsp3) is 0.462. The summed E-state index contributed by atoms with van der Waals surface area (Å²) in [6, 6.07) is 5.39. The summed E-state index contributed by atoms with van der Waals surface area (Å²) in [6.45, 7) is 0.517. The van der Waals surface area contributed by atoms with Crippen molar-refractivity contribution in [2.24, 2.45) is 11.7 Å². The Labute approximate surface area is 115 Å². The molecule has 0 spiro atoms. The molecule has 1 unspecified atom stereocenters. The number of nitrogens with two attached hydrogens (primary N) is 1. The number of hydrogen-bond donors (Lipinski definition) is 2. The molecule has 4 nitrogen and oxygen atoms in total. The molecular weight excluding hydrogens is 296 g/mol. The molecule has 1 aliphatic carbocycles. The van der Waals surface area contributed by atoms with Crippen molar-refractivity contribution in [2.75, 3.05) is 13.7 Å². The van der Waals surface area contributed by atoms with Crippen LogP contribution in [0.2, 0.25) is 0 Å². The molecule has 1 aliphatic rings. The van der Waals surface area contributed by atoms with Crippen molar-refractivity contribution in [3.05, 3.63) is 28.2 Å². The number of carbonyl (C=O) groups excluding carboxylic acids is 1. The molecule has 98 valence electrons. The minimum Gasteiger partial charge on any atom is -0.496 e. The highest BCUT2D eigenvalue weighted by Gasteiger charge is 2.28. The summed E-state index contributed by atoms with van der Waals surface area (Å²) in [5.41, 5.74) is 6.48. The quantitative estimate of drug-likeness (QED) is 0.873. The zero-order valence-corrected chi connectivity index (χ0v) is 11.9. The normalized spacial score (nSPS) is 16.2. The maximum absolute atomic E-state index is 12.0. The van der Waals surface area contributed by atoms with Gasteiger partial charge < -0.3 is 15.8 Å². The highest BCUT2D eigenvalue weighted by Crippen LogP contribution is 2.31. The van der Waals surface area contributed by atoms with Crippen LogP contribution in [-0.4, -0.2) is 25.6 Å². The summed E-state index contributed by atoms with van der Waals surface area (Å²) in [7, 11) is 1.55. The number of carbonyl (C=O) groups is 1. The first kappa shape index (κ1) is 13.4. The van der Waals surface area contributed by atoms with Gasteiger partial charge in [0.1, 0.15) is 5.75 Å². The Morgan fingerprint density at radius 3 is 2.94 bits per heavy atom. The van der Waals surface area contributed by atoms with Crippen molar-refractivity contribution in [1.82, 2.24) is 5.32 Å². The first-order valence-corrected chi connectivity index (χ1v) is 6.78. The van der Waals surface area contributed by atoms with E-state index >= 15 is 0 Å². The van der Waals surface area contributed by atoms with Crippen LogP contribution in [-0.2, 0) is 0 Å². The average Bonchev–Trinajstić information content (AvgIpc) is 3.19. The summed E-state index contributed by atoms with van der Waals surface area (Å²) < 4.78 is 6.07. The minimum absolute atomic E-state index is 0.0652. The van der Waals surface area contributed by atoms with Crippen LogP contribution in [0.1, 0.15) is 23.2 Å². The van der Waals surface area contributed by atoms with Gasteiger partial charge in [0, 0.05) is 17.1 Å². The second-order valence-electron chi connectivity index (χ2n) is 4.56. The Morgan fingerprint density at radius 1 is 1.61 bits per heavy atom.